The Morgan fingerprint density at radius 1 is 0.933 bits per heavy atom. The molecule has 4 aliphatic carbocycles. The van der Waals surface area contributed by atoms with Crippen molar-refractivity contribution in [3.63, 3.8) is 0 Å². The number of aliphatic hydroxyl groups is 2. The van der Waals surface area contributed by atoms with Gasteiger partial charge in [0.1, 0.15) is 12.2 Å². The number of carbonyl (C=O) groups is 2. The van der Waals surface area contributed by atoms with Crippen molar-refractivity contribution in [3.05, 3.63) is 0 Å². The van der Waals surface area contributed by atoms with Crippen molar-refractivity contribution in [3.8, 4) is 0 Å². The molecule has 6 nitrogen and oxygen atoms in total. The van der Waals surface area contributed by atoms with Crippen molar-refractivity contribution >= 4 is 11.9 Å². The summed E-state index contributed by atoms with van der Waals surface area (Å²) in [6.07, 6.45) is 6.87. The van der Waals surface area contributed by atoms with E-state index in [0.717, 1.165) is 44.9 Å². The van der Waals surface area contributed by atoms with Gasteiger partial charge in [-0.2, -0.15) is 0 Å². The summed E-state index contributed by atoms with van der Waals surface area (Å²) in [6, 6.07) is 0. The van der Waals surface area contributed by atoms with Crippen molar-refractivity contribution in [2.75, 3.05) is 13.2 Å². The normalized spacial score (nSPS) is 49.7. The van der Waals surface area contributed by atoms with Gasteiger partial charge >= 0.3 is 11.9 Å². The first-order valence-electron chi connectivity index (χ1n) is 11.6. The van der Waals surface area contributed by atoms with Crippen LogP contribution in [0.25, 0.3) is 0 Å². The first-order chi connectivity index (χ1) is 14.0. The molecule has 6 heteroatoms. The van der Waals surface area contributed by atoms with E-state index in [0.29, 0.717) is 12.3 Å². The number of carbonyl (C=O) groups excluding carboxylic acids is 2. The van der Waals surface area contributed by atoms with Gasteiger partial charge in [-0.05, 0) is 80.0 Å². The molecule has 2 N–H and O–H groups in total. The second-order valence-electron chi connectivity index (χ2n) is 11.3. The van der Waals surface area contributed by atoms with Crippen molar-refractivity contribution < 1.29 is 29.3 Å². The van der Waals surface area contributed by atoms with E-state index in [9.17, 15) is 19.8 Å². The molecule has 0 heterocycles. The Kier molecular flexibility index (Phi) is 5.29. The summed E-state index contributed by atoms with van der Waals surface area (Å²) in [5.41, 5.74) is -1.18. The third-order valence-corrected chi connectivity index (χ3v) is 10.0. The van der Waals surface area contributed by atoms with Crippen LogP contribution in [-0.4, -0.2) is 47.1 Å². The van der Waals surface area contributed by atoms with Crippen LogP contribution in [0.2, 0.25) is 0 Å². The molecule has 0 aromatic rings. The number of rotatable bonds is 4. The van der Waals surface area contributed by atoms with E-state index in [4.69, 9.17) is 9.47 Å². The molecular weight excluding hydrogens is 384 g/mol. The van der Waals surface area contributed by atoms with Gasteiger partial charge in [-0.25, -0.2) is 0 Å². The third kappa shape index (κ3) is 3.04. The Balaban J connectivity index is 1.63. The molecule has 4 saturated carbocycles. The Morgan fingerprint density at radius 2 is 1.60 bits per heavy atom. The number of aliphatic hydroxyl groups excluding tert-OH is 1. The summed E-state index contributed by atoms with van der Waals surface area (Å²) in [5.74, 6) is 0.356. The van der Waals surface area contributed by atoms with Crippen molar-refractivity contribution in [1.82, 2.24) is 0 Å². The maximum Gasteiger partial charge on any atom is 0.302 e. The van der Waals surface area contributed by atoms with Crippen LogP contribution in [0.3, 0.4) is 0 Å². The van der Waals surface area contributed by atoms with Crippen LogP contribution in [0.4, 0.5) is 0 Å². The molecule has 2 bridgehead atoms. The SMILES string of the molecule is CC(=O)OC[C@@]1(O)CC[C@@]23C[C@@H]1C[C@@H]2CC[C@H]1[C@](C)(COC(C)=O)[C@H](O)CC[C@@]13C. The molecule has 170 valence electrons. The fraction of sp³-hybridized carbons (Fsp3) is 0.917. The molecule has 0 unspecified atom stereocenters. The lowest BCUT2D eigenvalue weighted by molar-refractivity contribution is -0.220. The Hall–Kier alpha value is -1.14. The van der Waals surface area contributed by atoms with Crippen LogP contribution in [0, 0.1) is 34.0 Å². The maximum atomic E-state index is 11.5. The number of ether oxygens (including phenoxy) is 2. The van der Waals surface area contributed by atoms with Crippen molar-refractivity contribution in [2.24, 2.45) is 34.0 Å². The lowest BCUT2D eigenvalue weighted by Crippen LogP contribution is -2.63. The Labute approximate surface area is 179 Å². The van der Waals surface area contributed by atoms with E-state index in [2.05, 4.69) is 13.8 Å². The zero-order chi connectivity index (χ0) is 21.9. The smallest absolute Gasteiger partial charge is 0.302 e. The zero-order valence-electron chi connectivity index (χ0n) is 18.9. The van der Waals surface area contributed by atoms with Crippen molar-refractivity contribution in [2.45, 2.75) is 90.8 Å². The molecule has 30 heavy (non-hydrogen) atoms. The monoisotopic (exact) mass is 422 g/mol. The van der Waals surface area contributed by atoms with Gasteiger partial charge in [0.15, 0.2) is 0 Å². The van der Waals surface area contributed by atoms with Gasteiger partial charge in [-0.3, -0.25) is 9.59 Å². The van der Waals surface area contributed by atoms with Gasteiger partial charge in [0.05, 0.1) is 12.7 Å². The summed E-state index contributed by atoms with van der Waals surface area (Å²) < 4.78 is 10.7. The highest BCUT2D eigenvalue weighted by molar-refractivity contribution is 5.66. The molecule has 0 aromatic carbocycles. The molecule has 4 aliphatic rings. The predicted molar refractivity (Wildman–Crippen MR) is 110 cm³/mol. The quantitative estimate of drug-likeness (QED) is 0.676. The average Bonchev–Trinajstić information content (AvgIpc) is 3.03. The van der Waals surface area contributed by atoms with Gasteiger partial charge in [0.2, 0.25) is 0 Å². The van der Waals surface area contributed by atoms with Crippen LogP contribution in [0.1, 0.15) is 79.1 Å². The molecule has 0 aromatic heterocycles. The molecular formula is C24H38O6. The van der Waals surface area contributed by atoms with Gasteiger partial charge in [0.25, 0.3) is 0 Å². The molecule has 4 fully saturated rings. The first kappa shape index (κ1) is 22.1. The molecule has 8 atom stereocenters. The largest absolute Gasteiger partial charge is 0.465 e. The van der Waals surface area contributed by atoms with Gasteiger partial charge in [-0.15, -0.1) is 0 Å². The minimum Gasteiger partial charge on any atom is -0.465 e. The van der Waals surface area contributed by atoms with Crippen LogP contribution in [0.15, 0.2) is 0 Å². The van der Waals surface area contributed by atoms with Crippen LogP contribution < -0.4 is 0 Å². The van der Waals surface area contributed by atoms with E-state index in [1.54, 1.807) is 0 Å². The van der Waals surface area contributed by atoms with E-state index < -0.39 is 17.1 Å². The molecule has 0 radical (unpaired) electrons. The summed E-state index contributed by atoms with van der Waals surface area (Å²) in [4.78, 5) is 22.9. The fourth-order valence-corrected chi connectivity index (χ4v) is 8.38. The minimum atomic E-state index is -0.921. The number of esters is 2. The highest BCUT2D eigenvalue weighted by atomic mass is 16.5. The standard InChI is InChI=1S/C24H38O6/c1-15(25)29-13-21(3)19-6-5-17-11-18-12-23(17,22(19,4)8-7-20(21)27)9-10-24(18,28)14-30-16(2)26/h17-20,27-28H,5-14H2,1-4H3/t17-,18-,19-,20+,21-,22-,23+,24-/m0/s1. The zero-order valence-corrected chi connectivity index (χ0v) is 18.9. The van der Waals surface area contributed by atoms with E-state index in [-0.39, 0.29) is 47.8 Å². The lowest BCUT2D eigenvalue weighted by Gasteiger charge is -2.66. The van der Waals surface area contributed by atoms with E-state index in [1.807, 2.05) is 0 Å². The maximum absolute atomic E-state index is 11.5. The second kappa shape index (κ2) is 7.19. The first-order valence-corrected chi connectivity index (χ1v) is 11.6. The van der Waals surface area contributed by atoms with Gasteiger partial charge < -0.3 is 19.7 Å². The van der Waals surface area contributed by atoms with Crippen LogP contribution in [0.5, 0.6) is 0 Å². The molecule has 0 saturated heterocycles. The number of hydrogen-bond acceptors (Lipinski definition) is 6. The van der Waals surface area contributed by atoms with Crippen LogP contribution >= 0.6 is 0 Å². The molecule has 1 spiro atoms. The number of fused-ring (bicyclic) bond motifs is 2. The fourth-order valence-electron chi connectivity index (χ4n) is 8.38. The summed E-state index contributed by atoms with van der Waals surface area (Å²) in [5, 5.41) is 22.3. The highest BCUT2D eigenvalue weighted by Crippen LogP contribution is 2.75. The second-order valence-corrected chi connectivity index (χ2v) is 11.3. The lowest BCUT2D eigenvalue weighted by atomic mass is 9.39. The molecule has 0 amide bonds. The summed E-state index contributed by atoms with van der Waals surface area (Å²) >= 11 is 0. The predicted octanol–water partition coefficient (Wildman–Crippen LogP) is 3.23. The Bertz CT molecular complexity index is 722. The molecule has 0 aliphatic heterocycles. The summed E-state index contributed by atoms with van der Waals surface area (Å²) in [6.45, 7) is 7.70. The average molecular weight is 423 g/mol. The number of hydrogen-bond donors (Lipinski definition) is 2. The Morgan fingerprint density at radius 3 is 2.27 bits per heavy atom. The molecule has 4 rings (SSSR count). The van der Waals surface area contributed by atoms with Crippen molar-refractivity contribution in [1.29, 1.82) is 0 Å². The minimum absolute atomic E-state index is 0.0432. The highest BCUT2D eigenvalue weighted by Gasteiger charge is 2.70. The van der Waals surface area contributed by atoms with E-state index >= 15 is 0 Å². The van der Waals surface area contributed by atoms with Gasteiger partial charge in [0, 0.05) is 19.3 Å². The van der Waals surface area contributed by atoms with Gasteiger partial charge in [-0.1, -0.05) is 13.8 Å². The summed E-state index contributed by atoms with van der Waals surface area (Å²) in [7, 11) is 0. The van der Waals surface area contributed by atoms with Crippen LogP contribution in [-0.2, 0) is 19.1 Å². The topological polar surface area (TPSA) is 93.1 Å². The van der Waals surface area contributed by atoms with E-state index in [1.165, 1.54) is 13.8 Å². The third-order valence-electron chi connectivity index (χ3n) is 10.0.